The number of benzene rings is 2. The summed E-state index contributed by atoms with van der Waals surface area (Å²) in [6.45, 7) is 1.95. The second-order valence-electron chi connectivity index (χ2n) is 7.69. The summed E-state index contributed by atoms with van der Waals surface area (Å²) >= 11 is 5.97. The van der Waals surface area contributed by atoms with E-state index in [2.05, 4.69) is 17.2 Å². The highest BCUT2D eigenvalue weighted by molar-refractivity contribution is 6.30. The summed E-state index contributed by atoms with van der Waals surface area (Å²) in [4.78, 5) is 41.6. The van der Waals surface area contributed by atoms with Gasteiger partial charge in [0, 0.05) is 29.6 Å². The second kappa shape index (κ2) is 11.4. The van der Waals surface area contributed by atoms with E-state index in [1.807, 2.05) is 0 Å². The van der Waals surface area contributed by atoms with Gasteiger partial charge in [-0.05, 0) is 30.2 Å². The highest BCUT2D eigenvalue weighted by Crippen LogP contribution is 2.19. The number of nitrogens with one attached hydrogen (secondary N) is 1. The smallest absolute Gasteiger partial charge is 0.336 e. The number of carbonyl (C=O) groups is 2. The maximum Gasteiger partial charge on any atom is 0.336 e. The predicted molar refractivity (Wildman–Crippen MR) is 127 cm³/mol. The zero-order valence-electron chi connectivity index (χ0n) is 18.4. The van der Waals surface area contributed by atoms with Crippen molar-refractivity contribution in [2.24, 2.45) is 0 Å². The highest BCUT2D eigenvalue weighted by atomic mass is 35.5. The Hall–Kier alpha value is -3.45. The van der Waals surface area contributed by atoms with Crippen molar-refractivity contribution in [2.75, 3.05) is 0 Å². The van der Waals surface area contributed by atoms with Gasteiger partial charge in [0.15, 0.2) is 0 Å². The summed E-state index contributed by atoms with van der Waals surface area (Å²) in [6.07, 6.45) is 3.42. The number of unbranched alkanes of at least 4 members (excludes halogenated alkanes) is 2. The Labute approximate surface area is 197 Å². The SMILES string of the molecule is CCCCCc1nc(-c2ccc(Cl)cc2)cc(=O)n1CC(=O)NCc1ccccc1C(=O)O. The summed E-state index contributed by atoms with van der Waals surface area (Å²) in [5.41, 5.74) is 1.61. The van der Waals surface area contributed by atoms with Crippen LogP contribution in [0.2, 0.25) is 5.02 Å². The monoisotopic (exact) mass is 467 g/mol. The number of hydrogen-bond donors (Lipinski definition) is 2. The standard InChI is InChI=1S/C25H26ClN3O4/c1-2-3-4-9-22-28-21(17-10-12-19(26)13-11-17)14-24(31)29(22)16-23(30)27-15-18-7-5-6-8-20(18)25(32)33/h5-8,10-14H,2-4,9,15-16H2,1H3,(H,27,30)(H,32,33). The normalized spacial score (nSPS) is 10.7. The largest absolute Gasteiger partial charge is 0.478 e. The van der Waals surface area contributed by atoms with Gasteiger partial charge in [0.05, 0.1) is 11.3 Å². The minimum absolute atomic E-state index is 0.0531. The van der Waals surface area contributed by atoms with Crippen molar-refractivity contribution < 1.29 is 14.7 Å². The van der Waals surface area contributed by atoms with Crippen molar-refractivity contribution in [3.63, 3.8) is 0 Å². The number of aryl methyl sites for hydroxylation is 1. The summed E-state index contributed by atoms with van der Waals surface area (Å²) < 4.78 is 1.38. The van der Waals surface area contributed by atoms with Crippen LogP contribution in [0.3, 0.4) is 0 Å². The molecular weight excluding hydrogens is 442 g/mol. The van der Waals surface area contributed by atoms with Gasteiger partial charge in [0.1, 0.15) is 12.4 Å². The van der Waals surface area contributed by atoms with Gasteiger partial charge in [-0.15, -0.1) is 0 Å². The van der Waals surface area contributed by atoms with Gasteiger partial charge < -0.3 is 10.4 Å². The van der Waals surface area contributed by atoms with Gasteiger partial charge in [-0.25, -0.2) is 9.78 Å². The van der Waals surface area contributed by atoms with E-state index in [1.54, 1.807) is 42.5 Å². The fourth-order valence-corrected chi connectivity index (χ4v) is 3.62. The van der Waals surface area contributed by atoms with E-state index in [4.69, 9.17) is 11.6 Å². The molecule has 0 fully saturated rings. The lowest BCUT2D eigenvalue weighted by molar-refractivity contribution is -0.121. The lowest BCUT2D eigenvalue weighted by atomic mass is 10.1. The molecule has 33 heavy (non-hydrogen) atoms. The van der Waals surface area contributed by atoms with E-state index in [9.17, 15) is 19.5 Å². The summed E-state index contributed by atoms with van der Waals surface area (Å²) in [5, 5.41) is 12.6. The third-order valence-corrected chi connectivity index (χ3v) is 5.51. The van der Waals surface area contributed by atoms with E-state index in [1.165, 1.54) is 16.7 Å². The first kappa shape index (κ1) is 24.2. The minimum Gasteiger partial charge on any atom is -0.478 e. The Balaban J connectivity index is 1.82. The molecule has 0 aliphatic heterocycles. The van der Waals surface area contributed by atoms with Crippen LogP contribution in [-0.2, 0) is 24.3 Å². The molecule has 0 unspecified atom stereocenters. The zero-order valence-corrected chi connectivity index (χ0v) is 19.1. The van der Waals surface area contributed by atoms with Crippen molar-refractivity contribution >= 4 is 23.5 Å². The maximum atomic E-state index is 12.9. The van der Waals surface area contributed by atoms with Gasteiger partial charge in [0.25, 0.3) is 5.56 Å². The molecule has 1 amide bonds. The quantitative estimate of drug-likeness (QED) is 0.432. The van der Waals surface area contributed by atoms with Crippen LogP contribution >= 0.6 is 11.6 Å². The van der Waals surface area contributed by atoms with Crippen LogP contribution in [-0.4, -0.2) is 26.5 Å². The molecule has 172 valence electrons. The molecule has 0 atom stereocenters. The molecule has 0 saturated carbocycles. The molecule has 2 N–H and O–H groups in total. The number of hydrogen-bond acceptors (Lipinski definition) is 4. The van der Waals surface area contributed by atoms with Crippen LogP contribution in [0, 0.1) is 0 Å². The van der Waals surface area contributed by atoms with Gasteiger partial charge in [-0.3, -0.25) is 14.2 Å². The van der Waals surface area contributed by atoms with Crippen LogP contribution < -0.4 is 10.9 Å². The first-order valence-corrected chi connectivity index (χ1v) is 11.2. The first-order valence-electron chi connectivity index (χ1n) is 10.8. The molecule has 0 bridgehead atoms. The molecule has 0 radical (unpaired) electrons. The molecule has 0 aliphatic carbocycles. The molecule has 8 heteroatoms. The van der Waals surface area contributed by atoms with E-state index < -0.39 is 11.9 Å². The lowest BCUT2D eigenvalue weighted by Gasteiger charge is -2.14. The molecule has 2 aromatic carbocycles. The van der Waals surface area contributed by atoms with E-state index in [0.717, 1.165) is 24.8 Å². The Bertz CT molecular complexity index is 1190. The van der Waals surface area contributed by atoms with Crippen molar-refractivity contribution in [2.45, 2.75) is 45.7 Å². The van der Waals surface area contributed by atoms with Gasteiger partial charge >= 0.3 is 5.97 Å². The lowest BCUT2D eigenvalue weighted by Crippen LogP contribution is -2.34. The maximum absolute atomic E-state index is 12.9. The Kier molecular flexibility index (Phi) is 8.38. The number of carboxylic acids is 1. The molecule has 1 aromatic heterocycles. The van der Waals surface area contributed by atoms with Crippen LogP contribution in [0.1, 0.15) is 47.9 Å². The van der Waals surface area contributed by atoms with Gasteiger partial charge in [0.2, 0.25) is 5.91 Å². The van der Waals surface area contributed by atoms with Crippen LogP contribution in [0.25, 0.3) is 11.3 Å². The van der Waals surface area contributed by atoms with Crippen LogP contribution in [0.15, 0.2) is 59.4 Å². The summed E-state index contributed by atoms with van der Waals surface area (Å²) in [7, 11) is 0. The van der Waals surface area contributed by atoms with E-state index in [0.29, 0.717) is 28.5 Å². The van der Waals surface area contributed by atoms with Crippen molar-refractivity contribution in [3.05, 3.63) is 86.9 Å². The van der Waals surface area contributed by atoms with Crippen molar-refractivity contribution in [3.8, 4) is 11.3 Å². The number of carbonyl (C=O) groups excluding carboxylic acids is 1. The molecule has 1 heterocycles. The molecule has 0 spiro atoms. The molecule has 0 saturated heterocycles. The molecule has 3 aromatic rings. The molecular formula is C25H26ClN3O4. The Morgan fingerprint density at radius 3 is 2.52 bits per heavy atom. The Morgan fingerprint density at radius 2 is 1.82 bits per heavy atom. The third-order valence-electron chi connectivity index (χ3n) is 5.26. The molecule has 0 aliphatic rings. The third kappa shape index (κ3) is 6.52. The zero-order chi connectivity index (χ0) is 23.8. The number of rotatable bonds is 10. The second-order valence-corrected chi connectivity index (χ2v) is 8.12. The average Bonchev–Trinajstić information content (AvgIpc) is 2.80. The topological polar surface area (TPSA) is 101 Å². The number of carboxylic acid groups (broad SMARTS) is 1. The average molecular weight is 468 g/mol. The minimum atomic E-state index is -1.06. The van der Waals surface area contributed by atoms with E-state index in [-0.39, 0.29) is 24.2 Å². The van der Waals surface area contributed by atoms with Crippen molar-refractivity contribution in [1.29, 1.82) is 0 Å². The summed E-state index contributed by atoms with van der Waals surface area (Å²) in [5.74, 6) is -0.909. The van der Waals surface area contributed by atoms with Gasteiger partial charge in [-0.1, -0.05) is 61.7 Å². The molecule has 3 rings (SSSR count). The number of aromatic nitrogens is 2. The van der Waals surface area contributed by atoms with Gasteiger partial charge in [-0.2, -0.15) is 0 Å². The highest BCUT2D eigenvalue weighted by Gasteiger charge is 2.15. The molecule has 7 nitrogen and oxygen atoms in total. The number of aromatic carboxylic acids is 1. The van der Waals surface area contributed by atoms with Crippen LogP contribution in [0.5, 0.6) is 0 Å². The fraction of sp³-hybridized carbons (Fsp3) is 0.280. The predicted octanol–water partition coefficient (Wildman–Crippen LogP) is 4.31. The van der Waals surface area contributed by atoms with E-state index >= 15 is 0 Å². The first-order chi connectivity index (χ1) is 15.9. The number of nitrogens with zero attached hydrogens (tertiary/aromatic N) is 2. The van der Waals surface area contributed by atoms with Crippen molar-refractivity contribution in [1.82, 2.24) is 14.9 Å². The number of halogens is 1. The summed E-state index contributed by atoms with van der Waals surface area (Å²) in [6, 6.07) is 15.0. The van der Waals surface area contributed by atoms with Crippen LogP contribution in [0.4, 0.5) is 0 Å². The fourth-order valence-electron chi connectivity index (χ4n) is 3.49. The Morgan fingerprint density at radius 1 is 1.09 bits per heavy atom. The number of amides is 1.